The summed E-state index contributed by atoms with van der Waals surface area (Å²) in [5.74, 6) is 0.941. The Hall–Kier alpha value is -2.65. The van der Waals surface area contributed by atoms with Gasteiger partial charge in [0, 0.05) is 36.5 Å². The number of ether oxygens (including phenoxy) is 1. The van der Waals surface area contributed by atoms with Gasteiger partial charge in [0.15, 0.2) is 0 Å². The van der Waals surface area contributed by atoms with Crippen molar-refractivity contribution >= 4 is 45.1 Å². The van der Waals surface area contributed by atoms with Crippen LogP contribution >= 0.6 is 39.1 Å². The van der Waals surface area contributed by atoms with Gasteiger partial charge in [0.25, 0.3) is 0 Å². The fourth-order valence-electron chi connectivity index (χ4n) is 3.31. The summed E-state index contributed by atoms with van der Waals surface area (Å²) in [7, 11) is 1.67. The Bertz CT molecular complexity index is 1260. The van der Waals surface area contributed by atoms with Crippen LogP contribution in [0.3, 0.4) is 0 Å². The van der Waals surface area contributed by atoms with Crippen molar-refractivity contribution in [2.24, 2.45) is 0 Å². The number of hydrogen-bond donors (Lipinski definition) is 3. The molecule has 0 unspecified atom stereocenters. The highest BCUT2D eigenvalue weighted by atomic mass is 79.9. The van der Waals surface area contributed by atoms with Crippen molar-refractivity contribution in [1.29, 1.82) is 0 Å². The first-order valence-corrected chi connectivity index (χ1v) is 11.6. The lowest BCUT2D eigenvalue weighted by atomic mass is 10.1. The summed E-state index contributed by atoms with van der Waals surface area (Å²) in [6, 6.07) is 12.5. The molecule has 0 fully saturated rings. The Morgan fingerprint density at radius 1 is 1.12 bits per heavy atom. The molecule has 4 aromatic rings. The summed E-state index contributed by atoms with van der Waals surface area (Å²) in [5.41, 5.74) is 3.38. The third-order valence-corrected chi connectivity index (χ3v) is 5.88. The van der Waals surface area contributed by atoms with E-state index >= 15 is 0 Å². The standard InChI is InChI=1S/C23H20BrCl2N5O2/c1-33-9-3-7-27-23-28-8-6-18(29-23)21-20(13-4-2-5-14(24)10-13)30-22(31-21)19-16(25)11-15(32)12-17(19)26/h2,4-6,8,10-12,32H,3,7,9H2,1H3,(H,30,31)(H,27,28,29). The van der Waals surface area contributed by atoms with Gasteiger partial charge in [-0.25, -0.2) is 15.0 Å². The zero-order valence-corrected chi connectivity index (χ0v) is 20.7. The number of phenols is 1. The largest absolute Gasteiger partial charge is 0.508 e. The fraction of sp³-hybridized carbons (Fsp3) is 0.174. The van der Waals surface area contributed by atoms with E-state index in [2.05, 4.69) is 36.2 Å². The molecule has 7 nitrogen and oxygen atoms in total. The van der Waals surface area contributed by atoms with Crippen LogP contribution in [0, 0.1) is 0 Å². The molecule has 4 rings (SSSR count). The van der Waals surface area contributed by atoms with Crippen LogP contribution in [0.5, 0.6) is 5.75 Å². The lowest BCUT2D eigenvalue weighted by Crippen LogP contribution is -2.07. The lowest BCUT2D eigenvalue weighted by Gasteiger charge is -2.07. The number of phenolic OH excluding ortho intramolecular Hbond substituents is 1. The van der Waals surface area contributed by atoms with Gasteiger partial charge in [0.05, 0.1) is 32.7 Å². The van der Waals surface area contributed by atoms with Crippen LogP contribution in [0.1, 0.15) is 6.42 Å². The molecule has 0 amide bonds. The van der Waals surface area contributed by atoms with E-state index in [9.17, 15) is 5.11 Å². The number of nitrogens with one attached hydrogen (secondary N) is 2. The molecule has 0 aliphatic carbocycles. The first-order valence-electron chi connectivity index (χ1n) is 10.1. The maximum Gasteiger partial charge on any atom is 0.223 e. The highest BCUT2D eigenvalue weighted by Crippen LogP contribution is 2.40. The normalized spacial score (nSPS) is 11.0. The van der Waals surface area contributed by atoms with E-state index in [1.807, 2.05) is 24.3 Å². The topological polar surface area (TPSA) is 96.0 Å². The molecule has 170 valence electrons. The molecule has 0 saturated heterocycles. The Balaban J connectivity index is 1.81. The molecular weight excluding hydrogens is 529 g/mol. The number of hydrogen-bond acceptors (Lipinski definition) is 6. The molecule has 0 radical (unpaired) electrons. The smallest absolute Gasteiger partial charge is 0.223 e. The first kappa shape index (κ1) is 23.5. The van der Waals surface area contributed by atoms with E-state index in [0.717, 1.165) is 16.5 Å². The first-order chi connectivity index (χ1) is 16.0. The van der Waals surface area contributed by atoms with Crippen LogP contribution in [0.4, 0.5) is 5.95 Å². The van der Waals surface area contributed by atoms with Gasteiger partial charge in [-0.2, -0.15) is 0 Å². The molecule has 0 atom stereocenters. The Morgan fingerprint density at radius 3 is 2.64 bits per heavy atom. The van der Waals surface area contributed by atoms with Crippen LogP contribution in [0.25, 0.3) is 34.0 Å². The van der Waals surface area contributed by atoms with E-state index in [4.69, 9.17) is 32.9 Å². The summed E-state index contributed by atoms with van der Waals surface area (Å²) in [6.45, 7) is 1.33. The quantitative estimate of drug-likeness (QED) is 0.220. The molecule has 33 heavy (non-hydrogen) atoms. The number of methoxy groups -OCH3 is 1. The van der Waals surface area contributed by atoms with Crippen LogP contribution in [0.15, 0.2) is 53.1 Å². The third kappa shape index (κ3) is 5.47. The number of rotatable bonds is 8. The van der Waals surface area contributed by atoms with Crippen molar-refractivity contribution in [3.8, 4) is 39.8 Å². The van der Waals surface area contributed by atoms with Gasteiger partial charge in [0.1, 0.15) is 11.6 Å². The van der Waals surface area contributed by atoms with Crippen molar-refractivity contribution < 1.29 is 9.84 Å². The molecule has 0 saturated carbocycles. The second kappa shape index (κ2) is 10.5. The van der Waals surface area contributed by atoms with Crippen LogP contribution in [-0.4, -0.2) is 45.3 Å². The second-order valence-corrected chi connectivity index (χ2v) is 8.87. The number of anilines is 1. The maximum atomic E-state index is 9.81. The molecule has 0 aliphatic heterocycles. The number of halogens is 3. The SMILES string of the molecule is COCCCNc1nccc(-c2[nH]c(-c3c(Cl)cc(O)cc3Cl)nc2-c2cccc(Br)c2)n1. The lowest BCUT2D eigenvalue weighted by molar-refractivity contribution is 0.197. The number of nitrogens with zero attached hydrogens (tertiary/aromatic N) is 3. The Labute approximate surface area is 209 Å². The van der Waals surface area contributed by atoms with E-state index < -0.39 is 0 Å². The van der Waals surface area contributed by atoms with E-state index in [1.54, 1.807) is 19.4 Å². The monoisotopic (exact) mass is 547 g/mol. The Morgan fingerprint density at radius 2 is 1.91 bits per heavy atom. The van der Waals surface area contributed by atoms with Gasteiger partial charge in [0.2, 0.25) is 5.95 Å². The van der Waals surface area contributed by atoms with Gasteiger partial charge in [-0.3, -0.25) is 0 Å². The zero-order chi connectivity index (χ0) is 23.4. The number of aromatic amines is 1. The molecule has 10 heteroatoms. The second-order valence-electron chi connectivity index (χ2n) is 7.14. The van der Waals surface area contributed by atoms with Crippen LogP contribution in [0.2, 0.25) is 10.0 Å². The van der Waals surface area contributed by atoms with Crippen molar-refractivity contribution in [3.63, 3.8) is 0 Å². The van der Waals surface area contributed by atoms with E-state index in [1.165, 1.54) is 12.1 Å². The predicted molar refractivity (Wildman–Crippen MR) is 135 cm³/mol. The minimum Gasteiger partial charge on any atom is -0.508 e. The number of aromatic hydroxyl groups is 1. The average Bonchev–Trinajstić information content (AvgIpc) is 3.21. The highest BCUT2D eigenvalue weighted by molar-refractivity contribution is 9.10. The number of benzene rings is 2. The van der Waals surface area contributed by atoms with Gasteiger partial charge in [-0.05, 0) is 36.8 Å². The van der Waals surface area contributed by atoms with Crippen LogP contribution in [-0.2, 0) is 4.74 Å². The minimum absolute atomic E-state index is 0.0206. The van der Waals surface area contributed by atoms with Gasteiger partial charge >= 0.3 is 0 Å². The van der Waals surface area contributed by atoms with Crippen LogP contribution < -0.4 is 5.32 Å². The summed E-state index contributed by atoms with van der Waals surface area (Å²) in [5, 5.41) is 13.6. The zero-order valence-electron chi connectivity index (χ0n) is 17.6. The number of imidazole rings is 1. The van der Waals surface area contributed by atoms with Crippen molar-refractivity contribution in [1.82, 2.24) is 19.9 Å². The molecule has 2 aromatic carbocycles. The summed E-state index contributed by atoms with van der Waals surface area (Å²) in [4.78, 5) is 17.1. The van der Waals surface area contributed by atoms with E-state index in [0.29, 0.717) is 47.6 Å². The van der Waals surface area contributed by atoms with E-state index in [-0.39, 0.29) is 15.8 Å². The molecular formula is C23H20BrCl2N5O2. The third-order valence-electron chi connectivity index (χ3n) is 4.79. The van der Waals surface area contributed by atoms with Crippen molar-refractivity contribution in [2.75, 3.05) is 25.6 Å². The van der Waals surface area contributed by atoms with Crippen molar-refractivity contribution in [2.45, 2.75) is 6.42 Å². The van der Waals surface area contributed by atoms with Gasteiger partial charge < -0.3 is 20.1 Å². The molecule has 2 heterocycles. The summed E-state index contributed by atoms with van der Waals surface area (Å²) in [6.07, 6.45) is 2.52. The maximum absolute atomic E-state index is 9.81. The molecule has 0 spiro atoms. The highest BCUT2D eigenvalue weighted by Gasteiger charge is 2.20. The summed E-state index contributed by atoms with van der Waals surface area (Å²) < 4.78 is 6.00. The van der Waals surface area contributed by atoms with Gasteiger partial charge in [-0.1, -0.05) is 51.3 Å². The fourth-order valence-corrected chi connectivity index (χ4v) is 4.36. The molecule has 0 bridgehead atoms. The van der Waals surface area contributed by atoms with Crippen molar-refractivity contribution in [3.05, 3.63) is 63.2 Å². The molecule has 2 aromatic heterocycles. The Kier molecular flexibility index (Phi) is 7.49. The summed E-state index contributed by atoms with van der Waals surface area (Å²) >= 11 is 16.3. The number of aromatic nitrogens is 4. The minimum atomic E-state index is -0.0206. The predicted octanol–water partition coefficient (Wildman–Crippen LogP) is 6.42. The molecule has 3 N–H and O–H groups in total. The number of H-pyrrole nitrogens is 1. The molecule has 0 aliphatic rings. The van der Waals surface area contributed by atoms with Gasteiger partial charge in [-0.15, -0.1) is 0 Å². The average molecular weight is 549 g/mol.